The molecule has 3 amide bonds. The predicted octanol–water partition coefficient (Wildman–Crippen LogP) is 0.988. The number of carbonyl (C=O) groups is 4. The molecular formula is C17H21N3O4. The van der Waals surface area contributed by atoms with Gasteiger partial charge in [0.05, 0.1) is 11.3 Å². The van der Waals surface area contributed by atoms with E-state index in [1.807, 2.05) is 0 Å². The number of hydrogen-bond donors (Lipinski definition) is 3. The van der Waals surface area contributed by atoms with Crippen molar-refractivity contribution in [3.8, 4) is 0 Å². The van der Waals surface area contributed by atoms with E-state index in [0.717, 1.165) is 0 Å². The van der Waals surface area contributed by atoms with E-state index < -0.39 is 17.9 Å². The van der Waals surface area contributed by atoms with E-state index in [4.69, 9.17) is 5.73 Å². The van der Waals surface area contributed by atoms with Crippen molar-refractivity contribution in [2.45, 2.75) is 38.6 Å². The van der Waals surface area contributed by atoms with Gasteiger partial charge in [0.15, 0.2) is 0 Å². The summed E-state index contributed by atoms with van der Waals surface area (Å²) < 4.78 is 0. The number of Topliss-reactive ketones (excluding diaryl/α,β-unsaturated/α-hetero) is 1. The summed E-state index contributed by atoms with van der Waals surface area (Å²) in [6, 6.07) is 5.58. The summed E-state index contributed by atoms with van der Waals surface area (Å²) in [6.07, 6.45) is 2.08. The maximum atomic E-state index is 12.5. The van der Waals surface area contributed by atoms with Crippen molar-refractivity contribution in [3.05, 3.63) is 29.8 Å². The Kier molecular flexibility index (Phi) is 5.68. The number of hydrogen-bond acceptors (Lipinski definition) is 4. The lowest BCUT2D eigenvalue weighted by molar-refractivity contribution is -0.124. The third-order valence-corrected chi connectivity index (χ3v) is 4.07. The number of rotatable bonds is 5. The summed E-state index contributed by atoms with van der Waals surface area (Å²) in [4.78, 5) is 47.2. The molecular weight excluding hydrogens is 310 g/mol. The molecule has 24 heavy (non-hydrogen) atoms. The minimum Gasteiger partial charge on any atom is -0.368 e. The second-order valence-electron chi connectivity index (χ2n) is 5.98. The van der Waals surface area contributed by atoms with Gasteiger partial charge in [0, 0.05) is 19.8 Å². The Bertz CT molecular complexity index is 672. The van der Waals surface area contributed by atoms with E-state index in [1.165, 1.54) is 6.92 Å². The molecule has 1 aromatic carbocycles. The third kappa shape index (κ3) is 4.41. The first-order chi connectivity index (χ1) is 11.4. The van der Waals surface area contributed by atoms with Crippen LogP contribution in [0, 0.1) is 5.92 Å². The van der Waals surface area contributed by atoms with Gasteiger partial charge in [-0.3, -0.25) is 19.2 Å². The van der Waals surface area contributed by atoms with Crippen LogP contribution < -0.4 is 16.4 Å². The number of carbonyl (C=O) groups excluding carboxylic acids is 4. The van der Waals surface area contributed by atoms with Crippen molar-refractivity contribution >= 4 is 29.2 Å². The molecule has 4 N–H and O–H groups in total. The predicted molar refractivity (Wildman–Crippen MR) is 88.2 cm³/mol. The molecule has 7 heteroatoms. The summed E-state index contributed by atoms with van der Waals surface area (Å²) in [5.74, 6) is -1.70. The first-order valence-electron chi connectivity index (χ1n) is 7.87. The summed E-state index contributed by atoms with van der Waals surface area (Å²) in [5.41, 5.74) is 6.01. The molecule has 0 aliphatic heterocycles. The number of anilines is 1. The highest BCUT2D eigenvalue weighted by atomic mass is 16.2. The van der Waals surface area contributed by atoms with Gasteiger partial charge in [-0.2, -0.15) is 0 Å². The number of primary amides is 1. The molecule has 2 rings (SSSR count). The van der Waals surface area contributed by atoms with E-state index in [-0.39, 0.29) is 29.6 Å². The minimum absolute atomic E-state index is 0.0744. The summed E-state index contributed by atoms with van der Waals surface area (Å²) in [6.45, 7) is 1.34. The Hall–Kier alpha value is -2.70. The van der Waals surface area contributed by atoms with Gasteiger partial charge in [-0.1, -0.05) is 12.1 Å². The largest absolute Gasteiger partial charge is 0.368 e. The van der Waals surface area contributed by atoms with Crippen molar-refractivity contribution in [1.82, 2.24) is 5.32 Å². The molecule has 0 spiro atoms. The first kappa shape index (κ1) is 17.7. The lowest BCUT2D eigenvalue weighted by Crippen LogP contribution is -2.50. The highest BCUT2D eigenvalue weighted by molar-refractivity contribution is 6.04. The fourth-order valence-electron chi connectivity index (χ4n) is 2.96. The van der Waals surface area contributed by atoms with Gasteiger partial charge >= 0.3 is 0 Å². The van der Waals surface area contributed by atoms with Gasteiger partial charge in [-0.25, -0.2) is 0 Å². The smallest absolute Gasteiger partial charge is 0.254 e. The lowest BCUT2D eigenvalue weighted by atomic mass is 9.82. The Morgan fingerprint density at radius 2 is 1.96 bits per heavy atom. The molecule has 0 saturated heterocycles. The molecule has 7 nitrogen and oxygen atoms in total. The van der Waals surface area contributed by atoms with Crippen LogP contribution in [0.1, 0.15) is 43.0 Å². The molecule has 0 unspecified atom stereocenters. The fourth-order valence-corrected chi connectivity index (χ4v) is 2.96. The average molecular weight is 331 g/mol. The van der Waals surface area contributed by atoms with Gasteiger partial charge in [0.1, 0.15) is 11.8 Å². The third-order valence-electron chi connectivity index (χ3n) is 4.07. The Morgan fingerprint density at radius 1 is 1.25 bits per heavy atom. The average Bonchev–Trinajstić information content (AvgIpc) is 2.52. The van der Waals surface area contributed by atoms with E-state index >= 15 is 0 Å². The molecule has 1 aromatic rings. The molecule has 2 atom stereocenters. The highest BCUT2D eigenvalue weighted by Crippen LogP contribution is 2.25. The van der Waals surface area contributed by atoms with Crippen LogP contribution in [0.15, 0.2) is 24.3 Å². The number of nitrogens with one attached hydrogen (secondary N) is 2. The Morgan fingerprint density at radius 3 is 2.58 bits per heavy atom. The number of ketones is 1. The summed E-state index contributed by atoms with van der Waals surface area (Å²) in [7, 11) is 0. The van der Waals surface area contributed by atoms with Crippen LogP contribution >= 0.6 is 0 Å². The quantitative estimate of drug-likeness (QED) is 0.745. The Labute approximate surface area is 140 Å². The molecule has 0 bridgehead atoms. The van der Waals surface area contributed by atoms with Gasteiger partial charge in [0.25, 0.3) is 5.91 Å². The number of benzene rings is 1. The molecule has 0 aromatic heterocycles. The van der Waals surface area contributed by atoms with Gasteiger partial charge in [-0.05, 0) is 30.9 Å². The number of nitrogens with two attached hydrogens (primary N) is 1. The van der Waals surface area contributed by atoms with Gasteiger partial charge in [-0.15, -0.1) is 0 Å². The van der Waals surface area contributed by atoms with E-state index in [1.54, 1.807) is 24.3 Å². The van der Waals surface area contributed by atoms with Crippen molar-refractivity contribution in [2.24, 2.45) is 11.7 Å². The monoisotopic (exact) mass is 331 g/mol. The molecule has 1 aliphatic carbocycles. The van der Waals surface area contributed by atoms with Crippen molar-refractivity contribution in [2.75, 3.05) is 5.32 Å². The topological polar surface area (TPSA) is 118 Å². The van der Waals surface area contributed by atoms with E-state index in [2.05, 4.69) is 10.6 Å². The second kappa shape index (κ2) is 7.72. The van der Waals surface area contributed by atoms with E-state index in [9.17, 15) is 19.2 Å². The standard InChI is InChI=1S/C17H21N3O4/c1-10(21)19-14-8-3-2-7-13(14)17(24)20-15(16(18)23)11-5-4-6-12(22)9-11/h2-3,7-8,11,15H,4-6,9H2,1H3,(H2,18,23)(H,19,21)(H,20,24)/t11-,15+/m1/s1. The van der Waals surface area contributed by atoms with Crippen LogP contribution in [-0.2, 0) is 14.4 Å². The van der Waals surface area contributed by atoms with Crippen LogP contribution in [0.5, 0.6) is 0 Å². The molecule has 1 saturated carbocycles. The summed E-state index contributed by atoms with van der Waals surface area (Å²) >= 11 is 0. The van der Waals surface area contributed by atoms with Crippen molar-refractivity contribution in [3.63, 3.8) is 0 Å². The normalized spacial score (nSPS) is 18.5. The van der Waals surface area contributed by atoms with Crippen LogP contribution in [0.4, 0.5) is 5.69 Å². The van der Waals surface area contributed by atoms with E-state index in [0.29, 0.717) is 24.9 Å². The maximum Gasteiger partial charge on any atom is 0.254 e. The second-order valence-corrected chi connectivity index (χ2v) is 5.98. The number of amides is 3. The molecule has 1 aliphatic rings. The molecule has 1 fully saturated rings. The lowest BCUT2D eigenvalue weighted by Gasteiger charge is -2.28. The van der Waals surface area contributed by atoms with Crippen LogP contribution in [0.25, 0.3) is 0 Å². The van der Waals surface area contributed by atoms with Crippen LogP contribution in [-0.4, -0.2) is 29.5 Å². The Balaban J connectivity index is 2.18. The summed E-state index contributed by atoms with van der Waals surface area (Å²) in [5, 5.41) is 5.19. The highest BCUT2D eigenvalue weighted by Gasteiger charge is 2.32. The number of para-hydroxylation sites is 1. The SMILES string of the molecule is CC(=O)Nc1ccccc1C(=O)N[C@H](C(N)=O)[C@@H]1CCCC(=O)C1. The maximum absolute atomic E-state index is 12.5. The molecule has 128 valence electrons. The minimum atomic E-state index is -0.910. The zero-order valence-corrected chi connectivity index (χ0v) is 13.5. The first-order valence-corrected chi connectivity index (χ1v) is 7.87. The van der Waals surface area contributed by atoms with Crippen LogP contribution in [0.3, 0.4) is 0 Å². The fraction of sp³-hybridized carbons (Fsp3) is 0.412. The van der Waals surface area contributed by atoms with Crippen molar-refractivity contribution in [1.29, 1.82) is 0 Å². The van der Waals surface area contributed by atoms with Crippen LogP contribution in [0.2, 0.25) is 0 Å². The van der Waals surface area contributed by atoms with Crippen molar-refractivity contribution < 1.29 is 19.2 Å². The zero-order chi connectivity index (χ0) is 17.7. The molecule has 0 heterocycles. The zero-order valence-electron chi connectivity index (χ0n) is 13.5. The van der Waals surface area contributed by atoms with Gasteiger partial charge in [0.2, 0.25) is 11.8 Å². The van der Waals surface area contributed by atoms with Gasteiger partial charge < -0.3 is 16.4 Å². The molecule has 0 radical (unpaired) electrons.